The number of hydrogen-bond acceptors (Lipinski definition) is 6. The van der Waals surface area contributed by atoms with Gasteiger partial charge in [-0.2, -0.15) is 13.2 Å². The first-order valence-electron chi connectivity index (χ1n) is 9.34. The Bertz CT molecular complexity index is 918. The number of alkyl halides is 3. The smallest absolute Gasteiger partial charge is 0.424 e. The third kappa shape index (κ3) is 4.11. The number of aryl methyl sites for hydroxylation is 1. The predicted octanol–water partition coefficient (Wildman–Crippen LogP) is 3.97. The lowest BCUT2D eigenvalue weighted by Gasteiger charge is -2.32. The van der Waals surface area contributed by atoms with Crippen molar-refractivity contribution >= 4 is 17.2 Å². The fraction of sp³-hybridized carbons (Fsp3) is 0.500. The van der Waals surface area contributed by atoms with Crippen molar-refractivity contribution in [3.05, 3.63) is 39.8 Å². The van der Waals surface area contributed by atoms with Crippen LogP contribution >= 0.6 is 11.3 Å². The number of ether oxygens (including phenoxy) is 2. The molecule has 2 aromatic rings. The van der Waals surface area contributed by atoms with Crippen LogP contribution in [0.5, 0.6) is 11.5 Å². The number of hydrogen-bond donors (Lipinski definition) is 1. The van der Waals surface area contributed by atoms with E-state index in [4.69, 9.17) is 9.47 Å². The number of aliphatic hydroxyl groups is 1. The van der Waals surface area contributed by atoms with Gasteiger partial charge >= 0.3 is 6.18 Å². The lowest BCUT2D eigenvalue weighted by atomic mass is 9.97. The van der Waals surface area contributed by atoms with Gasteiger partial charge in [-0.15, -0.1) is 11.3 Å². The number of halogens is 3. The van der Waals surface area contributed by atoms with Gasteiger partial charge in [-0.3, -0.25) is 4.79 Å². The van der Waals surface area contributed by atoms with Crippen LogP contribution in [0.1, 0.15) is 41.6 Å². The summed E-state index contributed by atoms with van der Waals surface area (Å²) in [6.45, 7) is 1.83. The Morgan fingerprint density at radius 1 is 1.33 bits per heavy atom. The van der Waals surface area contributed by atoms with E-state index in [1.807, 2.05) is 0 Å². The highest BCUT2D eigenvalue weighted by atomic mass is 32.1. The molecule has 10 heteroatoms. The lowest BCUT2D eigenvalue weighted by Crippen LogP contribution is -2.47. The van der Waals surface area contributed by atoms with Gasteiger partial charge in [0, 0.05) is 29.2 Å². The Morgan fingerprint density at radius 2 is 2.07 bits per heavy atom. The average molecular weight is 444 g/mol. The second kappa shape index (κ2) is 8.43. The molecule has 0 aliphatic carbocycles. The molecule has 1 N–H and O–H groups in total. The molecular weight excluding hydrogens is 421 g/mol. The largest absolute Gasteiger partial charge is 0.497 e. The zero-order valence-corrected chi connectivity index (χ0v) is 17.6. The number of aromatic nitrogens is 1. The van der Waals surface area contributed by atoms with Gasteiger partial charge in [0.2, 0.25) is 11.5 Å². The summed E-state index contributed by atoms with van der Waals surface area (Å²) in [5.41, 5.74) is -2.29. The molecule has 0 spiro atoms. The van der Waals surface area contributed by atoms with Crippen LogP contribution in [0.25, 0.3) is 0 Å². The molecule has 2 unspecified atom stereocenters. The van der Waals surface area contributed by atoms with Crippen LogP contribution in [0.2, 0.25) is 0 Å². The Kier molecular flexibility index (Phi) is 6.28. The molecule has 1 saturated heterocycles. The zero-order valence-electron chi connectivity index (χ0n) is 16.8. The number of thiazole rings is 1. The normalized spacial score (nSPS) is 18.9. The van der Waals surface area contributed by atoms with Crippen LogP contribution in [-0.4, -0.2) is 47.8 Å². The number of carbonyl (C=O) groups is 1. The van der Waals surface area contributed by atoms with Gasteiger partial charge in [0.25, 0.3) is 0 Å². The number of nitrogens with zero attached hydrogens (tertiary/aromatic N) is 2. The second-order valence-electron chi connectivity index (χ2n) is 7.18. The third-order valence-electron chi connectivity index (χ3n) is 5.22. The van der Waals surface area contributed by atoms with Gasteiger partial charge in [0.15, 0.2) is 0 Å². The van der Waals surface area contributed by atoms with Crippen molar-refractivity contribution in [2.24, 2.45) is 0 Å². The average Bonchev–Trinajstić information content (AvgIpc) is 3.35. The van der Waals surface area contributed by atoms with Gasteiger partial charge in [0.1, 0.15) is 16.5 Å². The molecule has 1 aliphatic rings. The molecule has 6 nitrogen and oxygen atoms in total. The minimum Gasteiger partial charge on any atom is -0.497 e. The minimum absolute atomic E-state index is 0.295. The summed E-state index contributed by atoms with van der Waals surface area (Å²) in [6.07, 6.45) is -4.96. The van der Waals surface area contributed by atoms with E-state index in [-0.39, 0.29) is 0 Å². The topological polar surface area (TPSA) is 71.9 Å². The van der Waals surface area contributed by atoms with Crippen LogP contribution in [-0.2, 0) is 10.4 Å². The van der Waals surface area contributed by atoms with Crippen molar-refractivity contribution in [3.63, 3.8) is 0 Å². The quantitative estimate of drug-likeness (QED) is 0.730. The predicted molar refractivity (Wildman–Crippen MR) is 105 cm³/mol. The molecule has 0 bridgehead atoms. The first-order valence-corrected chi connectivity index (χ1v) is 10.2. The fourth-order valence-corrected chi connectivity index (χ4v) is 4.56. The van der Waals surface area contributed by atoms with Crippen molar-refractivity contribution in [3.8, 4) is 11.5 Å². The van der Waals surface area contributed by atoms with Crippen molar-refractivity contribution in [2.75, 3.05) is 20.8 Å². The zero-order chi connectivity index (χ0) is 22.1. The number of benzene rings is 1. The molecule has 3 rings (SSSR count). The molecule has 1 aromatic heterocycles. The highest BCUT2D eigenvalue weighted by molar-refractivity contribution is 7.09. The van der Waals surface area contributed by atoms with Crippen LogP contribution in [0.3, 0.4) is 0 Å². The van der Waals surface area contributed by atoms with Gasteiger partial charge < -0.3 is 19.5 Å². The van der Waals surface area contributed by atoms with E-state index in [9.17, 15) is 23.1 Å². The van der Waals surface area contributed by atoms with E-state index in [0.29, 0.717) is 53.5 Å². The molecule has 2 atom stereocenters. The SMILES string of the molecule is COc1ccc(C2CCCN2C(=O)CC(O)(c2nc(C)cs2)C(F)(F)F)c(OC)c1. The highest BCUT2D eigenvalue weighted by Crippen LogP contribution is 2.45. The maximum Gasteiger partial charge on any atom is 0.424 e. The summed E-state index contributed by atoms with van der Waals surface area (Å²) in [5, 5.41) is 11.4. The van der Waals surface area contributed by atoms with E-state index in [1.54, 1.807) is 18.2 Å². The molecule has 1 fully saturated rings. The number of rotatable bonds is 6. The van der Waals surface area contributed by atoms with Crippen LogP contribution in [0.15, 0.2) is 23.6 Å². The minimum atomic E-state index is -5.04. The summed E-state index contributed by atoms with van der Waals surface area (Å²) < 4.78 is 51.9. The molecule has 2 heterocycles. The molecule has 1 aromatic carbocycles. The highest BCUT2D eigenvalue weighted by Gasteiger charge is 2.58. The number of likely N-dealkylation sites (tertiary alicyclic amines) is 1. The molecule has 0 saturated carbocycles. The van der Waals surface area contributed by atoms with Crippen molar-refractivity contribution in [1.82, 2.24) is 9.88 Å². The van der Waals surface area contributed by atoms with E-state index in [2.05, 4.69) is 4.98 Å². The van der Waals surface area contributed by atoms with E-state index >= 15 is 0 Å². The van der Waals surface area contributed by atoms with Crippen molar-refractivity contribution in [1.29, 1.82) is 0 Å². The molecule has 1 amide bonds. The van der Waals surface area contributed by atoms with Crippen molar-refractivity contribution < 1.29 is 32.5 Å². The van der Waals surface area contributed by atoms with Gasteiger partial charge in [-0.1, -0.05) is 0 Å². The lowest BCUT2D eigenvalue weighted by molar-refractivity contribution is -0.268. The van der Waals surface area contributed by atoms with E-state index in [1.165, 1.54) is 31.4 Å². The van der Waals surface area contributed by atoms with Gasteiger partial charge in [-0.25, -0.2) is 4.98 Å². The fourth-order valence-electron chi connectivity index (χ4n) is 3.64. The van der Waals surface area contributed by atoms with Crippen LogP contribution in [0, 0.1) is 6.92 Å². The monoisotopic (exact) mass is 444 g/mol. The standard InChI is InChI=1S/C20H23F3N2O4S/c1-12-11-30-18(24-12)19(27,20(21,22)23)10-17(26)25-8-4-5-15(25)14-7-6-13(28-2)9-16(14)29-3/h6-7,9,11,15,27H,4-5,8,10H2,1-3H3. The van der Waals surface area contributed by atoms with Crippen molar-refractivity contribution in [2.45, 2.75) is 44.0 Å². The summed E-state index contributed by atoms with van der Waals surface area (Å²) in [4.78, 5) is 18.1. The Hall–Kier alpha value is -2.33. The van der Waals surface area contributed by atoms with Crippen LogP contribution < -0.4 is 9.47 Å². The Balaban J connectivity index is 1.90. The summed E-state index contributed by atoms with van der Waals surface area (Å²) in [6, 6.07) is 4.67. The molecule has 0 radical (unpaired) electrons. The molecule has 30 heavy (non-hydrogen) atoms. The number of carbonyl (C=O) groups excluding carboxylic acids is 1. The summed E-state index contributed by atoms with van der Waals surface area (Å²) >= 11 is 0.689. The molecule has 164 valence electrons. The maximum atomic E-state index is 13.8. The molecular formula is C20H23F3N2O4S. The maximum absolute atomic E-state index is 13.8. The van der Waals surface area contributed by atoms with Gasteiger partial charge in [-0.05, 0) is 31.9 Å². The first kappa shape index (κ1) is 22.4. The molecule has 1 aliphatic heterocycles. The third-order valence-corrected chi connectivity index (χ3v) is 6.33. The van der Waals surface area contributed by atoms with E-state index in [0.717, 1.165) is 0 Å². The Labute approximate surface area is 176 Å². The summed E-state index contributed by atoms with van der Waals surface area (Å²) in [5.74, 6) is 0.265. The number of amides is 1. The Morgan fingerprint density at radius 3 is 2.63 bits per heavy atom. The van der Waals surface area contributed by atoms with Gasteiger partial charge in [0.05, 0.1) is 26.7 Å². The van der Waals surface area contributed by atoms with Crippen LogP contribution in [0.4, 0.5) is 13.2 Å². The number of methoxy groups -OCH3 is 2. The first-order chi connectivity index (χ1) is 14.1. The second-order valence-corrected chi connectivity index (χ2v) is 8.04. The van der Waals surface area contributed by atoms with E-state index < -0.39 is 35.2 Å². The summed E-state index contributed by atoms with van der Waals surface area (Å²) in [7, 11) is 2.99.